The third-order valence-electron chi connectivity index (χ3n) is 3.69. The summed E-state index contributed by atoms with van der Waals surface area (Å²) in [5, 5.41) is 0. The monoisotopic (exact) mass is 279 g/mol. The van der Waals surface area contributed by atoms with Gasteiger partial charge in [-0.05, 0) is 36.5 Å². The maximum Gasteiger partial charge on any atom is 0.254 e. The summed E-state index contributed by atoms with van der Waals surface area (Å²) in [6.45, 7) is 1.73. The number of carbonyl (C=O) groups is 1. The highest BCUT2D eigenvalue weighted by Gasteiger charge is 2.31. The van der Waals surface area contributed by atoms with E-state index in [4.69, 9.17) is 0 Å². The van der Waals surface area contributed by atoms with Crippen LogP contribution in [0, 0.1) is 5.92 Å². The fourth-order valence-electron chi connectivity index (χ4n) is 2.49. The van der Waals surface area contributed by atoms with E-state index in [1.807, 2.05) is 23.1 Å². The van der Waals surface area contributed by atoms with Crippen LogP contribution in [0.2, 0.25) is 0 Å². The molecule has 1 aliphatic heterocycles. The van der Waals surface area contributed by atoms with Crippen LogP contribution in [-0.2, 0) is 6.54 Å². The molecule has 1 saturated carbocycles. The van der Waals surface area contributed by atoms with Crippen LogP contribution in [0.4, 0.5) is 0 Å². The van der Waals surface area contributed by atoms with Gasteiger partial charge in [-0.2, -0.15) is 0 Å². The first-order valence-corrected chi connectivity index (χ1v) is 6.61. The molecule has 0 radical (unpaired) electrons. The minimum Gasteiger partial charge on any atom is -0.334 e. The predicted octanol–water partition coefficient (Wildman–Crippen LogP) is 3.21. The zero-order chi connectivity index (χ0) is 11.1. The van der Waals surface area contributed by atoms with Crippen LogP contribution in [-0.4, -0.2) is 17.4 Å². The average Bonchev–Trinajstić information content (AvgIpc) is 2.52. The van der Waals surface area contributed by atoms with E-state index < -0.39 is 0 Å². The molecular weight excluding hydrogens is 266 g/mol. The maximum absolute atomic E-state index is 12.1. The van der Waals surface area contributed by atoms with E-state index in [1.165, 1.54) is 19.3 Å². The Balaban J connectivity index is 1.82. The molecule has 1 amide bonds. The highest BCUT2D eigenvalue weighted by molar-refractivity contribution is 9.10. The Morgan fingerprint density at radius 3 is 2.81 bits per heavy atom. The molecule has 0 aromatic heterocycles. The average molecular weight is 280 g/mol. The van der Waals surface area contributed by atoms with Crippen LogP contribution >= 0.6 is 15.9 Å². The van der Waals surface area contributed by atoms with Gasteiger partial charge in [0.2, 0.25) is 0 Å². The van der Waals surface area contributed by atoms with Gasteiger partial charge in [0.05, 0.1) is 0 Å². The first-order chi connectivity index (χ1) is 7.75. The second-order valence-electron chi connectivity index (χ2n) is 4.75. The number of fused-ring (bicyclic) bond motifs is 1. The van der Waals surface area contributed by atoms with Gasteiger partial charge in [-0.1, -0.05) is 28.4 Å². The summed E-state index contributed by atoms with van der Waals surface area (Å²) in [6.07, 6.45) is 3.92. The van der Waals surface area contributed by atoms with Crippen molar-refractivity contribution in [1.82, 2.24) is 4.90 Å². The van der Waals surface area contributed by atoms with Crippen molar-refractivity contribution in [1.29, 1.82) is 0 Å². The van der Waals surface area contributed by atoms with Crippen LogP contribution in [0.25, 0.3) is 0 Å². The van der Waals surface area contributed by atoms with Crippen molar-refractivity contribution in [2.75, 3.05) is 6.54 Å². The molecule has 0 saturated heterocycles. The number of amides is 1. The van der Waals surface area contributed by atoms with Crippen molar-refractivity contribution >= 4 is 21.8 Å². The smallest absolute Gasteiger partial charge is 0.254 e. The summed E-state index contributed by atoms with van der Waals surface area (Å²) in [5.41, 5.74) is 2.04. The van der Waals surface area contributed by atoms with Crippen LogP contribution < -0.4 is 0 Å². The van der Waals surface area contributed by atoms with E-state index in [-0.39, 0.29) is 5.91 Å². The molecule has 3 heteroatoms. The number of rotatable bonds is 2. The fourth-order valence-corrected chi connectivity index (χ4v) is 2.98. The number of carbonyl (C=O) groups excluding carboxylic acids is 1. The first kappa shape index (κ1) is 10.3. The minimum atomic E-state index is 0.211. The Bertz CT molecular complexity index is 440. The molecule has 0 atom stereocenters. The predicted molar refractivity (Wildman–Crippen MR) is 66.2 cm³/mol. The minimum absolute atomic E-state index is 0.211. The fraction of sp³-hybridized carbons (Fsp3) is 0.462. The molecule has 0 spiro atoms. The van der Waals surface area contributed by atoms with Gasteiger partial charge in [0.25, 0.3) is 5.91 Å². The summed E-state index contributed by atoms with van der Waals surface area (Å²) in [7, 11) is 0. The standard InChI is InChI=1S/C13H14BrNO/c14-12-6-2-5-10-11(12)8-15(13(10)16)7-9-3-1-4-9/h2,5-6,9H,1,3-4,7-8H2. The summed E-state index contributed by atoms with van der Waals surface area (Å²) in [5.74, 6) is 0.959. The third-order valence-corrected chi connectivity index (χ3v) is 4.43. The zero-order valence-corrected chi connectivity index (χ0v) is 10.7. The molecule has 2 nitrogen and oxygen atoms in total. The van der Waals surface area contributed by atoms with Crippen molar-refractivity contribution in [2.45, 2.75) is 25.8 Å². The Morgan fingerprint density at radius 2 is 2.19 bits per heavy atom. The van der Waals surface area contributed by atoms with Gasteiger partial charge in [0.1, 0.15) is 0 Å². The van der Waals surface area contributed by atoms with Crippen molar-refractivity contribution in [3.05, 3.63) is 33.8 Å². The number of benzene rings is 1. The molecule has 1 fully saturated rings. The van der Waals surface area contributed by atoms with Crippen LogP contribution in [0.3, 0.4) is 0 Å². The van der Waals surface area contributed by atoms with Crippen molar-refractivity contribution < 1.29 is 4.79 Å². The highest BCUT2D eigenvalue weighted by Crippen LogP contribution is 2.33. The zero-order valence-electron chi connectivity index (χ0n) is 9.08. The lowest BCUT2D eigenvalue weighted by Crippen LogP contribution is -2.32. The second kappa shape index (κ2) is 3.88. The molecule has 1 aromatic rings. The highest BCUT2D eigenvalue weighted by atomic mass is 79.9. The van der Waals surface area contributed by atoms with Gasteiger partial charge in [0.15, 0.2) is 0 Å². The SMILES string of the molecule is O=C1c2cccc(Br)c2CN1CC1CCC1. The van der Waals surface area contributed by atoms with Gasteiger partial charge in [-0.25, -0.2) is 0 Å². The molecule has 0 bridgehead atoms. The first-order valence-electron chi connectivity index (χ1n) is 5.82. The lowest BCUT2D eigenvalue weighted by molar-refractivity contribution is 0.0719. The molecule has 16 heavy (non-hydrogen) atoms. The molecular formula is C13H14BrNO. The Labute approximate surface area is 104 Å². The molecule has 1 aliphatic carbocycles. The number of nitrogens with zero attached hydrogens (tertiary/aromatic N) is 1. The molecule has 1 aromatic carbocycles. The van der Waals surface area contributed by atoms with E-state index >= 15 is 0 Å². The van der Waals surface area contributed by atoms with Gasteiger partial charge < -0.3 is 4.90 Å². The third kappa shape index (κ3) is 1.58. The van der Waals surface area contributed by atoms with E-state index in [2.05, 4.69) is 15.9 Å². The molecule has 2 aliphatic rings. The normalized spacial score (nSPS) is 19.8. The maximum atomic E-state index is 12.1. The van der Waals surface area contributed by atoms with Gasteiger partial charge in [-0.3, -0.25) is 4.79 Å². The van der Waals surface area contributed by atoms with Crippen molar-refractivity contribution in [2.24, 2.45) is 5.92 Å². The lowest BCUT2D eigenvalue weighted by Gasteiger charge is -2.29. The Hall–Kier alpha value is -0.830. The van der Waals surface area contributed by atoms with Crippen LogP contribution in [0.1, 0.15) is 35.2 Å². The Kier molecular flexibility index (Phi) is 2.51. The summed E-state index contributed by atoms with van der Waals surface area (Å²) in [4.78, 5) is 14.1. The largest absolute Gasteiger partial charge is 0.334 e. The van der Waals surface area contributed by atoms with E-state index in [0.29, 0.717) is 0 Å². The van der Waals surface area contributed by atoms with Crippen molar-refractivity contribution in [3.63, 3.8) is 0 Å². The number of hydrogen-bond acceptors (Lipinski definition) is 1. The molecule has 0 unspecified atom stereocenters. The number of hydrogen-bond donors (Lipinski definition) is 0. The lowest BCUT2D eigenvalue weighted by atomic mass is 9.85. The van der Waals surface area contributed by atoms with Gasteiger partial charge in [-0.15, -0.1) is 0 Å². The Morgan fingerprint density at radius 1 is 1.38 bits per heavy atom. The van der Waals surface area contributed by atoms with E-state index in [1.54, 1.807) is 0 Å². The molecule has 1 heterocycles. The second-order valence-corrected chi connectivity index (χ2v) is 5.60. The van der Waals surface area contributed by atoms with Gasteiger partial charge in [0, 0.05) is 23.1 Å². The van der Waals surface area contributed by atoms with Crippen molar-refractivity contribution in [3.8, 4) is 0 Å². The molecule has 0 N–H and O–H groups in total. The van der Waals surface area contributed by atoms with E-state index in [0.717, 1.165) is 34.6 Å². The molecule has 3 rings (SSSR count). The summed E-state index contributed by atoms with van der Waals surface area (Å²) < 4.78 is 1.06. The van der Waals surface area contributed by atoms with Crippen LogP contribution in [0.15, 0.2) is 22.7 Å². The van der Waals surface area contributed by atoms with E-state index in [9.17, 15) is 4.79 Å². The number of halogens is 1. The quantitative estimate of drug-likeness (QED) is 0.814. The van der Waals surface area contributed by atoms with Gasteiger partial charge >= 0.3 is 0 Å². The molecule has 84 valence electrons. The summed E-state index contributed by atoms with van der Waals surface area (Å²) in [6, 6.07) is 5.88. The topological polar surface area (TPSA) is 20.3 Å². The summed E-state index contributed by atoms with van der Waals surface area (Å²) >= 11 is 3.52. The van der Waals surface area contributed by atoms with Crippen LogP contribution in [0.5, 0.6) is 0 Å².